The molecular formula is C14H12Cl3NO3S. The van der Waals surface area contributed by atoms with Crippen LogP contribution in [0.25, 0.3) is 0 Å². The van der Waals surface area contributed by atoms with Crippen LogP contribution in [0.3, 0.4) is 0 Å². The van der Waals surface area contributed by atoms with Crippen molar-refractivity contribution in [2.75, 3.05) is 11.8 Å². The van der Waals surface area contributed by atoms with Crippen molar-refractivity contribution in [2.24, 2.45) is 0 Å². The van der Waals surface area contributed by atoms with E-state index in [2.05, 4.69) is 4.72 Å². The summed E-state index contributed by atoms with van der Waals surface area (Å²) < 4.78 is 32.6. The third-order valence-corrected chi connectivity index (χ3v) is 5.42. The molecule has 0 aliphatic heterocycles. The van der Waals surface area contributed by atoms with Gasteiger partial charge in [0.2, 0.25) is 0 Å². The average Bonchev–Trinajstić information content (AvgIpc) is 2.42. The number of sulfonamides is 1. The molecule has 0 atom stereocenters. The largest absolute Gasteiger partial charge is 0.495 e. The topological polar surface area (TPSA) is 55.4 Å². The van der Waals surface area contributed by atoms with Gasteiger partial charge in [-0.15, -0.1) is 0 Å². The maximum Gasteiger partial charge on any atom is 0.263 e. The van der Waals surface area contributed by atoms with Gasteiger partial charge in [-0.1, -0.05) is 40.9 Å². The fourth-order valence-corrected chi connectivity index (χ4v) is 3.88. The number of hydrogen-bond acceptors (Lipinski definition) is 3. The van der Waals surface area contributed by atoms with Crippen LogP contribution in [0.1, 0.15) is 5.56 Å². The Hall–Kier alpha value is -1.14. The predicted molar refractivity (Wildman–Crippen MR) is 90.0 cm³/mol. The van der Waals surface area contributed by atoms with Crippen LogP contribution in [0.5, 0.6) is 5.75 Å². The van der Waals surface area contributed by atoms with Gasteiger partial charge in [-0.3, -0.25) is 4.72 Å². The van der Waals surface area contributed by atoms with Crippen LogP contribution in [0.2, 0.25) is 15.1 Å². The number of ether oxygens (including phenoxy) is 1. The maximum atomic E-state index is 12.5. The summed E-state index contributed by atoms with van der Waals surface area (Å²) in [6.07, 6.45) is 0. The zero-order valence-electron chi connectivity index (χ0n) is 11.7. The standard InChI is InChI=1S/C14H12Cl3NO3S/c1-8-3-4-13(21-2)12(5-8)18-22(19,20)14-7-10(16)9(15)6-11(14)17/h3-7,18H,1-2H3. The molecule has 0 unspecified atom stereocenters. The molecule has 22 heavy (non-hydrogen) atoms. The zero-order valence-corrected chi connectivity index (χ0v) is 14.7. The number of rotatable bonds is 4. The molecule has 118 valence electrons. The lowest BCUT2D eigenvalue weighted by molar-refractivity contribution is 0.417. The van der Waals surface area contributed by atoms with Crippen LogP contribution < -0.4 is 9.46 Å². The van der Waals surface area contributed by atoms with Crippen molar-refractivity contribution >= 4 is 50.5 Å². The zero-order chi connectivity index (χ0) is 16.5. The molecule has 0 amide bonds. The molecule has 0 aromatic heterocycles. The minimum absolute atomic E-state index is 0.0199. The van der Waals surface area contributed by atoms with Crippen LogP contribution in [-0.2, 0) is 10.0 Å². The molecule has 0 saturated carbocycles. The van der Waals surface area contributed by atoms with Gasteiger partial charge in [-0.05, 0) is 36.8 Å². The van der Waals surface area contributed by atoms with Gasteiger partial charge in [0.25, 0.3) is 10.0 Å². The number of methoxy groups -OCH3 is 1. The highest BCUT2D eigenvalue weighted by molar-refractivity contribution is 7.92. The van der Waals surface area contributed by atoms with Crippen LogP contribution in [-0.4, -0.2) is 15.5 Å². The van der Waals surface area contributed by atoms with Gasteiger partial charge < -0.3 is 4.74 Å². The summed E-state index contributed by atoms with van der Waals surface area (Å²) in [7, 11) is -2.48. The lowest BCUT2D eigenvalue weighted by atomic mass is 10.2. The first-order valence-corrected chi connectivity index (χ1v) is 8.68. The number of aryl methyl sites for hydroxylation is 1. The SMILES string of the molecule is COc1ccc(C)cc1NS(=O)(=O)c1cc(Cl)c(Cl)cc1Cl. The molecule has 2 aromatic rings. The molecule has 0 aliphatic rings. The number of nitrogens with one attached hydrogen (secondary N) is 1. The van der Waals surface area contributed by atoms with Crippen LogP contribution in [0, 0.1) is 6.92 Å². The number of anilines is 1. The van der Waals surface area contributed by atoms with E-state index in [1.807, 2.05) is 13.0 Å². The molecule has 2 rings (SSSR count). The fraction of sp³-hybridized carbons (Fsp3) is 0.143. The summed E-state index contributed by atoms with van der Waals surface area (Å²) in [5, 5.41) is 0.259. The molecule has 4 nitrogen and oxygen atoms in total. The first-order valence-electron chi connectivity index (χ1n) is 6.06. The Morgan fingerprint density at radius 2 is 1.64 bits per heavy atom. The van der Waals surface area contributed by atoms with E-state index in [4.69, 9.17) is 39.5 Å². The van der Waals surface area contributed by atoms with E-state index in [0.717, 1.165) is 5.56 Å². The molecule has 0 saturated heterocycles. The number of hydrogen-bond donors (Lipinski definition) is 1. The van der Waals surface area contributed by atoms with E-state index in [-0.39, 0.29) is 20.0 Å². The van der Waals surface area contributed by atoms with Crippen molar-refractivity contribution in [3.05, 3.63) is 51.0 Å². The molecule has 0 fully saturated rings. The Labute approximate surface area is 144 Å². The molecule has 8 heteroatoms. The molecular weight excluding hydrogens is 369 g/mol. The van der Waals surface area contributed by atoms with Crippen LogP contribution in [0.15, 0.2) is 35.2 Å². The Kier molecular flexibility index (Phi) is 5.12. The van der Waals surface area contributed by atoms with E-state index in [1.165, 1.54) is 19.2 Å². The number of halogens is 3. The van der Waals surface area contributed by atoms with Crippen molar-refractivity contribution in [1.82, 2.24) is 0 Å². The maximum absolute atomic E-state index is 12.5. The van der Waals surface area contributed by atoms with Gasteiger partial charge in [0.15, 0.2) is 0 Å². The monoisotopic (exact) mass is 379 g/mol. The molecule has 0 heterocycles. The van der Waals surface area contributed by atoms with Crippen molar-refractivity contribution in [1.29, 1.82) is 0 Å². The highest BCUT2D eigenvalue weighted by Crippen LogP contribution is 2.34. The Balaban J connectivity index is 2.49. The Morgan fingerprint density at radius 1 is 1.00 bits per heavy atom. The summed E-state index contributed by atoms with van der Waals surface area (Å²) in [6, 6.07) is 7.62. The van der Waals surface area contributed by atoms with E-state index >= 15 is 0 Å². The summed E-state index contributed by atoms with van der Waals surface area (Å²) in [5.74, 6) is 0.394. The fourth-order valence-electron chi connectivity index (χ4n) is 1.81. The first-order chi connectivity index (χ1) is 10.2. The van der Waals surface area contributed by atoms with Gasteiger partial charge in [0.1, 0.15) is 10.6 Å². The smallest absolute Gasteiger partial charge is 0.263 e. The van der Waals surface area contributed by atoms with Crippen molar-refractivity contribution in [3.8, 4) is 5.75 Å². The molecule has 0 bridgehead atoms. The lowest BCUT2D eigenvalue weighted by Gasteiger charge is -2.14. The van der Waals surface area contributed by atoms with Crippen LogP contribution in [0.4, 0.5) is 5.69 Å². The normalized spacial score (nSPS) is 11.3. The minimum atomic E-state index is -3.94. The molecule has 2 aromatic carbocycles. The van der Waals surface area contributed by atoms with E-state index in [9.17, 15) is 8.42 Å². The van der Waals surface area contributed by atoms with E-state index in [0.29, 0.717) is 11.4 Å². The minimum Gasteiger partial charge on any atom is -0.495 e. The Bertz CT molecular complexity index is 822. The first kappa shape index (κ1) is 17.2. The third kappa shape index (κ3) is 3.60. The number of benzene rings is 2. The second-order valence-electron chi connectivity index (χ2n) is 4.51. The van der Waals surface area contributed by atoms with E-state index < -0.39 is 10.0 Å². The quantitative estimate of drug-likeness (QED) is 0.778. The molecule has 1 N–H and O–H groups in total. The second-order valence-corrected chi connectivity index (χ2v) is 7.38. The lowest BCUT2D eigenvalue weighted by Crippen LogP contribution is -2.14. The highest BCUT2D eigenvalue weighted by Gasteiger charge is 2.21. The van der Waals surface area contributed by atoms with Crippen LogP contribution >= 0.6 is 34.8 Å². The average molecular weight is 381 g/mol. The predicted octanol–water partition coefficient (Wildman–Crippen LogP) is 4.76. The van der Waals surface area contributed by atoms with Gasteiger partial charge in [-0.2, -0.15) is 0 Å². The van der Waals surface area contributed by atoms with Crippen molar-refractivity contribution in [3.63, 3.8) is 0 Å². The second kappa shape index (κ2) is 6.54. The summed E-state index contributed by atoms with van der Waals surface area (Å²) in [6.45, 7) is 1.84. The third-order valence-electron chi connectivity index (χ3n) is 2.86. The van der Waals surface area contributed by atoms with Gasteiger partial charge in [-0.25, -0.2) is 8.42 Å². The highest BCUT2D eigenvalue weighted by atomic mass is 35.5. The van der Waals surface area contributed by atoms with Crippen molar-refractivity contribution < 1.29 is 13.2 Å². The van der Waals surface area contributed by atoms with Gasteiger partial charge in [0, 0.05) is 0 Å². The molecule has 0 spiro atoms. The van der Waals surface area contributed by atoms with Gasteiger partial charge in [0.05, 0.1) is 27.9 Å². The summed E-state index contributed by atoms with van der Waals surface area (Å²) in [5.41, 5.74) is 1.18. The molecule has 0 radical (unpaired) electrons. The molecule has 0 aliphatic carbocycles. The van der Waals surface area contributed by atoms with E-state index in [1.54, 1.807) is 12.1 Å². The van der Waals surface area contributed by atoms with Gasteiger partial charge >= 0.3 is 0 Å². The summed E-state index contributed by atoms with van der Waals surface area (Å²) in [4.78, 5) is -0.160. The summed E-state index contributed by atoms with van der Waals surface area (Å²) >= 11 is 17.6. The Morgan fingerprint density at radius 3 is 2.27 bits per heavy atom. The van der Waals surface area contributed by atoms with Crippen molar-refractivity contribution in [2.45, 2.75) is 11.8 Å².